The second kappa shape index (κ2) is 8.48. The van der Waals surface area contributed by atoms with Gasteiger partial charge in [0.1, 0.15) is 6.04 Å². The molecule has 1 atom stereocenters. The van der Waals surface area contributed by atoms with Crippen LogP contribution >= 0.6 is 0 Å². The zero-order valence-electron chi connectivity index (χ0n) is 16.1. The predicted molar refractivity (Wildman–Crippen MR) is 113 cm³/mol. The van der Waals surface area contributed by atoms with E-state index in [1.54, 1.807) is 26.0 Å². The molecule has 0 unspecified atom stereocenters. The number of hydrogen-bond acceptors (Lipinski definition) is 3. The van der Waals surface area contributed by atoms with Crippen LogP contribution in [0.5, 0.6) is 0 Å². The van der Waals surface area contributed by atoms with E-state index in [9.17, 15) is 18.3 Å². The Kier molecular flexibility index (Phi) is 6.02. The molecule has 0 spiro atoms. The number of hydrogen-bond donors (Lipinski definition) is 2. The first-order valence-electron chi connectivity index (χ1n) is 9.12. The smallest absolute Gasteiger partial charge is 0.322 e. The van der Waals surface area contributed by atoms with E-state index in [1.165, 1.54) is 12.1 Å². The van der Waals surface area contributed by atoms with Gasteiger partial charge in [-0.25, -0.2) is 8.42 Å². The van der Waals surface area contributed by atoms with Crippen LogP contribution in [0.25, 0.3) is 10.8 Å². The number of carboxylic acid groups (broad SMARTS) is 1. The van der Waals surface area contributed by atoms with E-state index < -0.39 is 22.0 Å². The predicted octanol–water partition coefficient (Wildman–Crippen LogP) is 3.63. The van der Waals surface area contributed by atoms with Crippen LogP contribution in [-0.4, -0.2) is 25.5 Å². The summed E-state index contributed by atoms with van der Waals surface area (Å²) in [6.45, 7) is 3.29. The zero-order chi connectivity index (χ0) is 21.0. The number of carbonyl (C=O) groups is 1. The first-order chi connectivity index (χ1) is 13.8. The highest BCUT2D eigenvalue weighted by atomic mass is 32.2. The molecule has 0 aliphatic carbocycles. The summed E-state index contributed by atoms with van der Waals surface area (Å²) in [5.74, 6) is 4.52. The molecule has 0 aromatic heterocycles. The average molecular weight is 407 g/mol. The lowest BCUT2D eigenvalue weighted by molar-refractivity contribution is -0.140. The highest BCUT2D eigenvalue weighted by Crippen LogP contribution is 2.16. The fourth-order valence-electron chi connectivity index (χ4n) is 2.84. The molecular weight excluding hydrogens is 386 g/mol. The number of sulfonamides is 1. The van der Waals surface area contributed by atoms with Crippen molar-refractivity contribution in [2.75, 3.05) is 0 Å². The van der Waals surface area contributed by atoms with Crippen LogP contribution in [0.3, 0.4) is 0 Å². The van der Waals surface area contributed by atoms with Gasteiger partial charge in [-0.1, -0.05) is 56.0 Å². The van der Waals surface area contributed by atoms with E-state index in [4.69, 9.17) is 0 Å². The quantitative estimate of drug-likeness (QED) is 0.633. The molecule has 2 N–H and O–H groups in total. The summed E-state index contributed by atoms with van der Waals surface area (Å²) in [4.78, 5) is 11.3. The third-order valence-corrected chi connectivity index (χ3v) is 5.94. The molecule has 148 valence electrons. The van der Waals surface area contributed by atoms with Crippen LogP contribution < -0.4 is 4.72 Å². The van der Waals surface area contributed by atoms with Crippen molar-refractivity contribution in [2.24, 2.45) is 5.92 Å². The number of nitrogens with one attached hydrogen (secondary N) is 1. The second-order valence-electron chi connectivity index (χ2n) is 7.02. The SMILES string of the molecule is CC(C)[C@H](NS(=O)(=O)c1ccc(C#Cc2ccc3ccccc3c2)cc1)C(=O)O. The fraction of sp³-hybridized carbons (Fsp3) is 0.174. The van der Waals surface area contributed by atoms with E-state index in [-0.39, 0.29) is 10.8 Å². The average Bonchev–Trinajstić information content (AvgIpc) is 2.70. The van der Waals surface area contributed by atoms with Gasteiger partial charge in [-0.05, 0) is 53.1 Å². The van der Waals surface area contributed by atoms with E-state index in [1.807, 2.05) is 42.5 Å². The van der Waals surface area contributed by atoms with E-state index in [0.717, 1.165) is 16.3 Å². The van der Waals surface area contributed by atoms with Crippen molar-refractivity contribution in [2.45, 2.75) is 24.8 Å². The van der Waals surface area contributed by atoms with Crippen LogP contribution in [0, 0.1) is 17.8 Å². The summed E-state index contributed by atoms with van der Waals surface area (Å²) in [6.07, 6.45) is 0. The first kappa shape index (κ1) is 20.6. The molecule has 0 saturated carbocycles. The van der Waals surface area contributed by atoms with Crippen LogP contribution in [0.2, 0.25) is 0 Å². The van der Waals surface area contributed by atoms with Crippen molar-refractivity contribution in [3.63, 3.8) is 0 Å². The highest BCUT2D eigenvalue weighted by Gasteiger charge is 2.27. The minimum Gasteiger partial charge on any atom is -0.480 e. The molecular formula is C23H21NO4S. The van der Waals surface area contributed by atoms with Gasteiger partial charge in [0.05, 0.1) is 4.90 Å². The summed E-state index contributed by atoms with van der Waals surface area (Å²) in [6, 6.07) is 18.8. The largest absolute Gasteiger partial charge is 0.480 e. The van der Waals surface area contributed by atoms with Gasteiger partial charge in [0, 0.05) is 11.1 Å². The first-order valence-corrected chi connectivity index (χ1v) is 10.6. The van der Waals surface area contributed by atoms with Crippen LogP contribution in [0.4, 0.5) is 0 Å². The fourth-order valence-corrected chi connectivity index (χ4v) is 4.17. The van der Waals surface area contributed by atoms with Crippen molar-refractivity contribution >= 4 is 26.8 Å². The van der Waals surface area contributed by atoms with Gasteiger partial charge in [0.2, 0.25) is 10.0 Å². The lowest BCUT2D eigenvalue weighted by atomic mass is 10.1. The molecule has 3 rings (SSSR count). The molecule has 0 radical (unpaired) electrons. The van der Waals surface area contributed by atoms with Crippen LogP contribution in [-0.2, 0) is 14.8 Å². The highest BCUT2D eigenvalue weighted by molar-refractivity contribution is 7.89. The number of fused-ring (bicyclic) bond motifs is 1. The van der Waals surface area contributed by atoms with Gasteiger partial charge in [0.25, 0.3) is 0 Å². The molecule has 0 amide bonds. The van der Waals surface area contributed by atoms with Crippen molar-refractivity contribution in [3.05, 3.63) is 77.9 Å². The molecule has 29 heavy (non-hydrogen) atoms. The van der Waals surface area contributed by atoms with Gasteiger partial charge < -0.3 is 5.11 Å². The Balaban J connectivity index is 1.79. The standard InChI is InChI=1S/C23H21NO4S/c1-16(2)22(23(25)26)24-29(27,28)21-13-10-17(11-14-21)7-8-18-9-12-19-5-3-4-6-20(19)15-18/h3-6,9-16,22,24H,1-2H3,(H,25,26)/t22-/m0/s1. The lowest BCUT2D eigenvalue weighted by Crippen LogP contribution is -2.44. The Morgan fingerprint density at radius 3 is 2.10 bits per heavy atom. The summed E-state index contributed by atoms with van der Waals surface area (Å²) < 4.78 is 27.2. The zero-order valence-corrected chi connectivity index (χ0v) is 16.9. The Bertz CT molecular complexity index is 1200. The Morgan fingerprint density at radius 2 is 1.48 bits per heavy atom. The summed E-state index contributed by atoms with van der Waals surface area (Å²) in [7, 11) is -3.94. The Morgan fingerprint density at radius 1 is 0.897 bits per heavy atom. The molecule has 0 heterocycles. The van der Waals surface area contributed by atoms with Gasteiger partial charge >= 0.3 is 5.97 Å². The molecule has 0 bridgehead atoms. The molecule has 3 aromatic rings. The number of carboxylic acids is 1. The third-order valence-electron chi connectivity index (χ3n) is 4.48. The molecule has 0 saturated heterocycles. The maximum Gasteiger partial charge on any atom is 0.322 e. The molecule has 3 aromatic carbocycles. The van der Waals surface area contributed by atoms with Crippen molar-refractivity contribution < 1.29 is 18.3 Å². The van der Waals surface area contributed by atoms with Crippen LogP contribution in [0.15, 0.2) is 71.6 Å². The van der Waals surface area contributed by atoms with Crippen molar-refractivity contribution in [1.82, 2.24) is 4.72 Å². The number of aliphatic carboxylic acids is 1. The normalized spacial score (nSPS) is 12.4. The molecule has 5 nitrogen and oxygen atoms in total. The monoisotopic (exact) mass is 407 g/mol. The minimum atomic E-state index is -3.94. The van der Waals surface area contributed by atoms with Crippen molar-refractivity contribution in [3.8, 4) is 11.8 Å². The minimum absolute atomic E-state index is 0.000607. The summed E-state index contributed by atoms with van der Waals surface area (Å²) in [5.41, 5.74) is 1.53. The Hall–Kier alpha value is -3.14. The summed E-state index contributed by atoms with van der Waals surface area (Å²) in [5, 5.41) is 11.4. The third kappa shape index (κ3) is 5.02. The molecule has 0 fully saturated rings. The van der Waals surface area contributed by atoms with Gasteiger partial charge in [-0.3, -0.25) is 4.79 Å². The van der Waals surface area contributed by atoms with E-state index in [0.29, 0.717) is 5.56 Å². The maximum atomic E-state index is 12.5. The molecule has 0 aliphatic heterocycles. The second-order valence-corrected chi connectivity index (χ2v) is 8.73. The molecule has 0 aliphatic rings. The van der Waals surface area contributed by atoms with E-state index >= 15 is 0 Å². The Labute approximate surface area is 170 Å². The van der Waals surface area contributed by atoms with Gasteiger partial charge in [0.15, 0.2) is 0 Å². The summed E-state index contributed by atoms with van der Waals surface area (Å²) >= 11 is 0. The molecule has 6 heteroatoms. The number of rotatable bonds is 5. The van der Waals surface area contributed by atoms with Gasteiger partial charge in [-0.2, -0.15) is 4.72 Å². The van der Waals surface area contributed by atoms with Crippen LogP contribution in [0.1, 0.15) is 25.0 Å². The number of benzene rings is 3. The van der Waals surface area contributed by atoms with Crippen molar-refractivity contribution in [1.29, 1.82) is 0 Å². The maximum absolute atomic E-state index is 12.5. The topological polar surface area (TPSA) is 83.5 Å². The lowest BCUT2D eigenvalue weighted by Gasteiger charge is -2.17. The van der Waals surface area contributed by atoms with E-state index in [2.05, 4.69) is 16.6 Å². The van der Waals surface area contributed by atoms with Gasteiger partial charge in [-0.15, -0.1) is 0 Å².